The molecule has 24 heavy (non-hydrogen) atoms. The molecule has 0 aliphatic carbocycles. The van der Waals surface area contributed by atoms with Crippen molar-refractivity contribution in [1.82, 2.24) is 0 Å². The highest BCUT2D eigenvalue weighted by molar-refractivity contribution is 5.86. The number of rotatable bonds is 4. The summed E-state index contributed by atoms with van der Waals surface area (Å²) in [6, 6.07) is 13.7. The van der Waals surface area contributed by atoms with Crippen molar-refractivity contribution in [3.8, 4) is 5.75 Å². The van der Waals surface area contributed by atoms with E-state index in [0.29, 0.717) is 13.2 Å². The number of carboxylic acids is 1. The zero-order chi connectivity index (χ0) is 16.2. The third kappa shape index (κ3) is 3.78. The van der Waals surface area contributed by atoms with Crippen LogP contribution in [0.2, 0.25) is 0 Å². The summed E-state index contributed by atoms with van der Waals surface area (Å²) in [5, 5.41) is 9.03. The van der Waals surface area contributed by atoms with Crippen LogP contribution < -0.4 is 10.5 Å². The van der Waals surface area contributed by atoms with E-state index >= 15 is 0 Å². The van der Waals surface area contributed by atoms with Crippen LogP contribution in [0.1, 0.15) is 28.7 Å². The van der Waals surface area contributed by atoms with E-state index in [9.17, 15) is 4.79 Å². The number of fused-ring (bicyclic) bond motifs is 2. The van der Waals surface area contributed by atoms with Gasteiger partial charge in [-0.25, -0.2) is 0 Å². The van der Waals surface area contributed by atoms with Gasteiger partial charge in [0.15, 0.2) is 0 Å². The summed E-state index contributed by atoms with van der Waals surface area (Å²) in [7, 11) is 0. The zero-order valence-electron chi connectivity index (χ0n) is 13.2. The van der Waals surface area contributed by atoms with E-state index in [1.807, 2.05) is 30.3 Å². The average molecular weight is 346 g/mol. The van der Waals surface area contributed by atoms with Gasteiger partial charge in [-0.15, -0.1) is 12.4 Å². The molecule has 0 aromatic heterocycles. The Bertz CT molecular complexity index is 771. The zero-order valence-corrected chi connectivity index (χ0v) is 14.0. The van der Waals surface area contributed by atoms with Crippen molar-refractivity contribution in [3.63, 3.8) is 0 Å². The first-order chi connectivity index (χ1) is 11.2. The molecule has 0 spiro atoms. The van der Waals surface area contributed by atoms with E-state index in [2.05, 4.69) is 18.2 Å². The third-order valence-corrected chi connectivity index (χ3v) is 3.90. The molecule has 1 aliphatic heterocycles. The van der Waals surface area contributed by atoms with Gasteiger partial charge in [-0.1, -0.05) is 36.4 Å². The SMILES string of the molecule is Cl.NCC/C=C1/c2ccccc2COc2ccc(CC(=O)O)cc21. The standard InChI is InChI=1S/C19H19NO3.ClH/c20-9-3-6-16-15-5-2-1-4-14(15)12-23-18-8-7-13(10-17(16)18)11-19(21)22;/h1-2,4-8,10H,3,9,11-12,20H2,(H,21,22);1H/b16-6-;. The van der Waals surface area contributed by atoms with Crippen LogP contribution in [0.4, 0.5) is 0 Å². The van der Waals surface area contributed by atoms with Crippen LogP contribution in [0, 0.1) is 0 Å². The molecule has 0 radical (unpaired) electrons. The number of halogens is 1. The predicted octanol–water partition coefficient (Wildman–Crippen LogP) is 3.41. The van der Waals surface area contributed by atoms with Crippen molar-refractivity contribution < 1.29 is 14.6 Å². The van der Waals surface area contributed by atoms with Crippen LogP contribution in [-0.2, 0) is 17.8 Å². The largest absolute Gasteiger partial charge is 0.488 e. The smallest absolute Gasteiger partial charge is 0.307 e. The highest BCUT2D eigenvalue weighted by Gasteiger charge is 2.19. The lowest BCUT2D eigenvalue weighted by atomic mass is 9.92. The molecule has 3 N–H and O–H groups in total. The van der Waals surface area contributed by atoms with Crippen LogP contribution in [0.3, 0.4) is 0 Å². The molecule has 0 saturated heterocycles. The second-order valence-electron chi connectivity index (χ2n) is 5.54. The van der Waals surface area contributed by atoms with Crippen molar-refractivity contribution >= 4 is 23.9 Å². The number of nitrogens with two attached hydrogens (primary N) is 1. The molecule has 0 unspecified atom stereocenters. The second-order valence-corrected chi connectivity index (χ2v) is 5.54. The molecule has 0 amide bonds. The third-order valence-electron chi connectivity index (χ3n) is 3.90. The molecular weight excluding hydrogens is 326 g/mol. The van der Waals surface area contributed by atoms with E-state index in [1.54, 1.807) is 0 Å². The van der Waals surface area contributed by atoms with Crippen molar-refractivity contribution in [2.75, 3.05) is 6.54 Å². The summed E-state index contributed by atoms with van der Waals surface area (Å²) >= 11 is 0. The average Bonchev–Trinajstić information content (AvgIpc) is 2.69. The maximum Gasteiger partial charge on any atom is 0.307 e. The first kappa shape index (κ1) is 18.0. The van der Waals surface area contributed by atoms with Crippen LogP contribution >= 0.6 is 12.4 Å². The van der Waals surface area contributed by atoms with Gasteiger partial charge in [0.05, 0.1) is 6.42 Å². The molecular formula is C19H20ClNO3. The molecule has 0 atom stereocenters. The molecule has 5 heteroatoms. The van der Waals surface area contributed by atoms with Crippen LogP contribution in [0.15, 0.2) is 48.5 Å². The normalized spacial score (nSPS) is 14.0. The summed E-state index contributed by atoms with van der Waals surface area (Å²) in [6.07, 6.45) is 2.86. The topological polar surface area (TPSA) is 72.5 Å². The van der Waals surface area contributed by atoms with E-state index in [4.69, 9.17) is 15.6 Å². The summed E-state index contributed by atoms with van der Waals surface area (Å²) in [5.74, 6) is -0.0639. The number of hydrogen-bond acceptors (Lipinski definition) is 3. The number of ether oxygens (including phenoxy) is 1. The van der Waals surface area contributed by atoms with Gasteiger partial charge >= 0.3 is 5.97 Å². The fourth-order valence-electron chi connectivity index (χ4n) is 2.86. The van der Waals surface area contributed by atoms with Gasteiger partial charge in [0.1, 0.15) is 12.4 Å². The van der Waals surface area contributed by atoms with Crippen LogP contribution in [0.25, 0.3) is 5.57 Å². The minimum atomic E-state index is -0.840. The Labute approximate surface area is 147 Å². The lowest BCUT2D eigenvalue weighted by Gasteiger charge is -2.12. The molecule has 126 valence electrons. The molecule has 4 nitrogen and oxygen atoms in total. The van der Waals surface area contributed by atoms with Crippen molar-refractivity contribution in [1.29, 1.82) is 0 Å². The molecule has 0 bridgehead atoms. The molecule has 0 fully saturated rings. The van der Waals surface area contributed by atoms with Crippen molar-refractivity contribution in [2.45, 2.75) is 19.4 Å². The van der Waals surface area contributed by atoms with Crippen LogP contribution in [0.5, 0.6) is 5.75 Å². The fourth-order valence-corrected chi connectivity index (χ4v) is 2.86. The number of hydrogen-bond donors (Lipinski definition) is 2. The lowest BCUT2D eigenvalue weighted by molar-refractivity contribution is -0.136. The predicted molar refractivity (Wildman–Crippen MR) is 96.6 cm³/mol. The summed E-state index contributed by atoms with van der Waals surface area (Å²) in [6.45, 7) is 1.07. The van der Waals surface area contributed by atoms with E-state index in [0.717, 1.165) is 40.0 Å². The van der Waals surface area contributed by atoms with Crippen LogP contribution in [-0.4, -0.2) is 17.6 Å². The monoisotopic (exact) mass is 345 g/mol. The van der Waals surface area contributed by atoms with E-state index in [-0.39, 0.29) is 18.8 Å². The van der Waals surface area contributed by atoms with Gasteiger partial charge in [0.2, 0.25) is 0 Å². The summed E-state index contributed by atoms with van der Waals surface area (Å²) in [5.41, 5.74) is 10.7. The lowest BCUT2D eigenvalue weighted by Crippen LogP contribution is -2.02. The Kier molecular flexibility index (Phi) is 6.01. The molecule has 2 aromatic carbocycles. The van der Waals surface area contributed by atoms with Gasteiger partial charge < -0.3 is 15.6 Å². The quantitative estimate of drug-likeness (QED) is 0.890. The minimum absolute atomic E-state index is 0. The number of carbonyl (C=O) groups is 1. The Morgan fingerprint density at radius 1 is 1.21 bits per heavy atom. The first-order valence-corrected chi connectivity index (χ1v) is 7.65. The van der Waals surface area contributed by atoms with Gasteiger partial charge in [0, 0.05) is 5.56 Å². The Hall–Kier alpha value is -2.30. The van der Waals surface area contributed by atoms with E-state index in [1.165, 1.54) is 0 Å². The number of carboxylic acid groups (broad SMARTS) is 1. The van der Waals surface area contributed by atoms with Gasteiger partial charge in [-0.05, 0) is 47.4 Å². The Morgan fingerprint density at radius 3 is 2.75 bits per heavy atom. The van der Waals surface area contributed by atoms with E-state index < -0.39 is 5.97 Å². The molecule has 1 heterocycles. The molecule has 1 aliphatic rings. The van der Waals surface area contributed by atoms with Crippen molar-refractivity contribution in [3.05, 3.63) is 70.8 Å². The summed E-state index contributed by atoms with van der Waals surface area (Å²) < 4.78 is 5.93. The highest BCUT2D eigenvalue weighted by atomic mass is 35.5. The molecule has 2 aromatic rings. The fraction of sp³-hybridized carbons (Fsp3) is 0.211. The number of benzene rings is 2. The van der Waals surface area contributed by atoms with Gasteiger partial charge in [-0.2, -0.15) is 0 Å². The Balaban J connectivity index is 0.00000208. The molecule has 3 rings (SSSR count). The molecule has 0 saturated carbocycles. The summed E-state index contributed by atoms with van der Waals surface area (Å²) in [4.78, 5) is 11.0. The number of aliphatic carboxylic acids is 1. The maximum absolute atomic E-state index is 11.0. The first-order valence-electron chi connectivity index (χ1n) is 7.65. The minimum Gasteiger partial charge on any atom is -0.488 e. The van der Waals surface area contributed by atoms with Gasteiger partial charge in [0.25, 0.3) is 0 Å². The maximum atomic E-state index is 11.0. The second kappa shape index (κ2) is 7.99. The Morgan fingerprint density at radius 2 is 2.00 bits per heavy atom. The highest BCUT2D eigenvalue weighted by Crippen LogP contribution is 2.37. The van der Waals surface area contributed by atoms with Crippen molar-refractivity contribution in [2.24, 2.45) is 5.73 Å². The van der Waals surface area contributed by atoms with Gasteiger partial charge in [-0.3, -0.25) is 4.79 Å².